The van der Waals surface area contributed by atoms with Crippen LogP contribution in [0.5, 0.6) is 0 Å². The maximum atomic E-state index is 11.0. The molecule has 1 amide bonds. The van der Waals surface area contributed by atoms with Gasteiger partial charge in [0, 0.05) is 6.07 Å². The molecule has 1 aromatic rings. The molecule has 0 heterocycles. The minimum Gasteiger partial charge on any atom is -0.322 e. The lowest BCUT2D eigenvalue weighted by atomic mass is 10.2. The van der Waals surface area contributed by atoms with E-state index < -0.39 is 10.8 Å². The predicted octanol–water partition coefficient (Wildman–Crippen LogP) is 0.364. The van der Waals surface area contributed by atoms with E-state index >= 15 is 0 Å². The Morgan fingerprint density at radius 2 is 2.31 bits per heavy atom. The number of nitrogens with zero attached hydrogens (tertiary/aromatic N) is 2. The second-order valence-electron chi connectivity index (χ2n) is 2.85. The monoisotopic (exact) mass is 220 g/mol. The summed E-state index contributed by atoms with van der Waals surface area (Å²) in [6, 6.07) is 5.53. The van der Waals surface area contributed by atoms with Crippen molar-refractivity contribution in [2.45, 2.75) is 0 Å². The third-order valence-electron chi connectivity index (χ3n) is 1.78. The van der Waals surface area contributed by atoms with Gasteiger partial charge in [-0.2, -0.15) is 5.26 Å². The van der Waals surface area contributed by atoms with Crippen LogP contribution in [0, 0.1) is 21.4 Å². The number of nitrogens with two attached hydrogens (primary N) is 1. The van der Waals surface area contributed by atoms with Crippen LogP contribution in [0.15, 0.2) is 18.2 Å². The second kappa shape index (κ2) is 4.86. The third kappa shape index (κ3) is 2.52. The number of anilines is 1. The highest BCUT2D eigenvalue weighted by molar-refractivity contribution is 5.94. The maximum Gasteiger partial charge on any atom is 0.294 e. The summed E-state index contributed by atoms with van der Waals surface area (Å²) >= 11 is 0. The molecule has 0 aliphatic rings. The molecule has 0 radical (unpaired) electrons. The van der Waals surface area contributed by atoms with Crippen LogP contribution >= 0.6 is 0 Å². The van der Waals surface area contributed by atoms with E-state index in [1.807, 2.05) is 0 Å². The Bertz CT molecular complexity index is 478. The first kappa shape index (κ1) is 11.6. The van der Waals surface area contributed by atoms with Crippen molar-refractivity contribution in [3.8, 4) is 6.07 Å². The van der Waals surface area contributed by atoms with Gasteiger partial charge in [0.1, 0.15) is 5.69 Å². The molecule has 1 aromatic carbocycles. The number of hydrogen-bond donors (Lipinski definition) is 2. The topological polar surface area (TPSA) is 122 Å². The van der Waals surface area contributed by atoms with Crippen molar-refractivity contribution in [3.05, 3.63) is 33.9 Å². The summed E-state index contributed by atoms with van der Waals surface area (Å²) in [5.74, 6) is -0.534. The summed E-state index contributed by atoms with van der Waals surface area (Å²) in [4.78, 5) is 21.0. The Labute approximate surface area is 90.6 Å². The fraction of sp³-hybridized carbons (Fsp3) is 0.111. The number of carbonyl (C=O) groups is 1. The van der Waals surface area contributed by atoms with E-state index in [2.05, 4.69) is 5.32 Å². The zero-order valence-electron chi connectivity index (χ0n) is 8.14. The second-order valence-corrected chi connectivity index (χ2v) is 2.85. The van der Waals surface area contributed by atoms with Gasteiger partial charge in [0.15, 0.2) is 0 Å². The van der Waals surface area contributed by atoms with Crippen molar-refractivity contribution >= 4 is 17.3 Å². The number of nitrogens with one attached hydrogen (secondary N) is 1. The van der Waals surface area contributed by atoms with E-state index in [4.69, 9.17) is 11.0 Å². The summed E-state index contributed by atoms with van der Waals surface area (Å²) in [6.07, 6.45) is 0. The van der Waals surface area contributed by atoms with Crippen LogP contribution in [0.2, 0.25) is 0 Å². The highest BCUT2D eigenvalue weighted by Gasteiger charge is 2.15. The molecule has 0 saturated heterocycles. The molecule has 0 unspecified atom stereocenters. The summed E-state index contributed by atoms with van der Waals surface area (Å²) < 4.78 is 0. The Morgan fingerprint density at radius 3 is 2.81 bits per heavy atom. The Kier molecular flexibility index (Phi) is 3.53. The number of benzene rings is 1. The van der Waals surface area contributed by atoms with Gasteiger partial charge in [-0.15, -0.1) is 0 Å². The normalized spacial score (nSPS) is 9.25. The Hall–Kier alpha value is -2.46. The molecule has 0 aliphatic heterocycles. The van der Waals surface area contributed by atoms with E-state index in [0.717, 1.165) is 6.07 Å². The maximum absolute atomic E-state index is 11.0. The number of nitro groups is 1. The van der Waals surface area contributed by atoms with E-state index in [1.165, 1.54) is 12.1 Å². The van der Waals surface area contributed by atoms with Gasteiger partial charge in [-0.1, -0.05) is 0 Å². The smallest absolute Gasteiger partial charge is 0.294 e. The number of hydrogen-bond acceptors (Lipinski definition) is 5. The molecule has 0 saturated carbocycles. The summed E-state index contributed by atoms with van der Waals surface area (Å²) in [7, 11) is 0. The fourth-order valence-corrected chi connectivity index (χ4v) is 1.06. The van der Waals surface area contributed by atoms with Crippen molar-refractivity contribution in [1.29, 1.82) is 5.26 Å². The molecule has 1 rings (SSSR count). The van der Waals surface area contributed by atoms with Crippen LogP contribution in [-0.4, -0.2) is 17.4 Å². The van der Waals surface area contributed by atoms with E-state index in [0.29, 0.717) is 0 Å². The molecule has 82 valence electrons. The molecule has 3 N–H and O–H groups in total. The van der Waals surface area contributed by atoms with Crippen molar-refractivity contribution in [3.63, 3.8) is 0 Å². The lowest BCUT2D eigenvalue weighted by molar-refractivity contribution is -0.383. The zero-order chi connectivity index (χ0) is 12.1. The number of carbonyl (C=O) groups excluding carboxylic acids is 1. The van der Waals surface area contributed by atoms with Gasteiger partial charge in [-0.3, -0.25) is 14.9 Å². The third-order valence-corrected chi connectivity index (χ3v) is 1.78. The quantitative estimate of drug-likeness (QED) is 0.562. The van der Waals surface area contributed by atoms with Crippen molar-refractivity contribution in [2.75, 3.05) is 11.9 Å². The van der Waals surface area contributed by atoms with E-state index in [-0.39, 0.29) is 23.5 Å². The van der Waals surface area contributed by atoms with Gasteiger partial charge < -0.3 is 11.1 Å². The first-order valence-corrected chi connectivity index (χ1v) is 4.27. The predicted molar refractivity (Wildman–Crippen MR) is 55.5 cm³/mol. The van der Waals surface area contributed by atoms with Crippen LogP contribution in [0.4, 0.5) is 11.4 Å². The molecule has 0 bridgehead atoms. The molecule has 0 aliphatic carbocycles. The Morgan fingerprint density at radius 1 is 1.62 bits per heavy atom. The first-order valence-electron chi connectivity index (χ1n) is 4.27. The Balaban J connectivity index is 3.14. The van der Waals surface area contributed by atoms with Crippen molar-refractivity contribution in [2.24, 2.45) is 5.73 Å². The average Bonchev–Trinajstić information content (AvgIpc) is 2.29. The standard InChI is InChI=1S/C9H8N4O3/c10-4-6-1-2-7(12-9(14)5-11)8(3-6)13(15)16/h1-3H,5,11H2,(H,12,14). The van der Waals surface area contributed by atoms with Gasteiger partial charge in [-0.05, 0) is 12.1 Å². The number of nitriles is 1. The molecule has 16 heavy (non-hydrogen) atoms. The van der Waals surface area contributed by atoms with E-state index in [9.17, 15) is 14.9 Å². The number of amides is 1. The molecule has 0 fully saturated rings. The van der Waals surface area contributed by atoms with Crippen LogP contribution in [0.1, 0.15) is 5.56 Å². The largest absolute Gasteiger partial charge is 0.322 e. The highest BCUT2D eigenvalue weighted by Crippen LogP contribution is 2.25. The summed E-state index contributed by atoms with van der Waals surface area (Å²) in [5, 5.41) is 21.5. The van der Waals surface area contributed by atoms with Crippen LogP contribution < -0.4 is 11.1 Å². The van der Waals surface area contributed by atoms with Crippen molar-refractivity contribution in [1.82, 2.24) is 0 Å². The fourth-order valence-electron chi connectivity index (χ4n) is 1.06. The summed E-state index contributed by atoms with van der Waals surface area (Å²) in [5.41, 5.74) is 4.91. The first-order chi connectivity index (χ1) is 7.58. The van der Waals surface area contributed by atoms with E-state index in [1.54, 1.807) is 6.07 Å². The zero-order valence-corrected chi connectivity index (χ0v) is 8.14. The summed E-state index contributed by atoms with van der Waals surface area (Å²) in [6.45, 7) is -0.267. The lowest BCUT2D eigenvalue weighted by Crippen LogP contribution is -2.22. The van der Waals surface area contributed by atoms with Gasteiger partial charge in [-0.25, -0.2) is 0 Å². The van der Waals surface area contributed by atoms with Crippen LogP contribution in [0.25, 0.3) is 0 Å². The SMILES string of the molecule is N#Cc1ccc(NC(=O)CN)c([N+](=O)[O-])c1. The highest BCUT2D eigenvalue weighted by atomic mass is 16.6. The van der Waals surface area contributed by atoms with Crippen LogP contribution in [-0.2, 0) is 4.79 Å². The molecule has 0 spiro atoms. The van der Waals surface area contributed by atoms with Gasteiger partial charge in [0.2, 0.25) is 5.91 Å². The molecule has 7 heteroatoms. The molecular formula is C9H8N4O3. The minimum atomic E-state index is -0.674. The number of rotatable bonds is 3. The molecular weight excluding hydrogens is 212 g/mol. The lowest BCUT2D eigenvalue weighted by Gasteiger charge is -2.04. The minimum absolute atomic E-state index is 0.0273. The van der Waals surface area contributed by atoms with Gasteiger partial charge in [0.25, 0.3) is 5.69 Å². The van der Waals surface area contributed by atoms with Gasteiger partial charge >= 0.3 is 0 Å². The molecule has 0 atom stereocenters. The van der Waals surface area contributed by atoms with Crippen LogP contribution in [0.3, 0.4) is 0 Å². The molecule has 0 aromatic heterocycles. The molecule has 7 nitrogen and oxygen atoms in total. The number of nitro benzene ring substituents is 1. The van der Waals surface area contributed by atoms with Gasteiger partial charge in [0.05, 0.1) is 23.1 Å². The average molecular weight is 220 g/mol. The van der Waals surface area contributed by atoms with Crippen molar-refractivity contribution < 1.29 is 9.72 Å².